The van der Waals surface area contributed by atoms with Crippen LogP contribution in [0.4, 0.5) is 0 Å². The van der Waals surface area contributed by atoms with Crippen LogP contribution in [0.2, 0.25) is 0 Å². The lowest BCUT2D eigenvalue weighted by molar-refractivity contribution is -0.124. The normalized spacial score (nSPS) is 13.1. The summed E-state index contributed by atoms with van der Waals surface area (Å²) in [6.07, 6.45) is 0.809. The fourth-order valence-electron chi connectivity index (χ4n) is 2.33. The van der Waals surface area contributed by atoms with Crippen LogP contribution in [0.25, 0.3) is 10.8 Å². The summed E-state index contributed by atoms with van der Waals surface area (Å²) < 4.78 is 0. The molecule has 0 aliphatic carbocycles. The zero-order chi connectivity index (χ0) is 15.5. The molecule has 112 valence electrons. The second-order valence-electron chi connectivity index (χ2n) is 6.52. The molecule has 2 aromatic carbocycles. The van der Waals surface area contributed by atoms with Crippen molar-refractivity contribution in [2.24, 2.45) is 11.1 Å². The molecule has 0 heterocycles. The Kier molecular flexibility index (Phi) is 4.63. The van der Waals surface area contributed by atoms with Crippen LogP contribution < -0.4 is 11.1 Å². The number of nitrogens with two attached hydrogens (primary N) is 1. The van der Waals surface area contributed by atoms with Crippen molar-refractivity contribution >= 4 is 16.7 Å². The van der Waals surface area contributed by atoms with Crippen molar-refractivity contribution in [3.8, 4) is 0 Å². The molecule has 3 nitrogen and oxygen atoms in total. The lowest BCUT2D eigenvalue weighted by Crippen LogP contribution is -2.48. The Balaban J connectivity index is 1.98. The van der Waals surface area contributed by atoms with E-state index >= 15 is 0 Å². The Hall–Kier alpha value is -1.87. The number of hydrogen-bond acceptors (Lipinski definition) is 2. The van der Waals surface area contributed by atoms with Crippen LogP contribution in [0.1, 0.15) is 26.3 Å². The minimum absolute atomic E-state index is 0.0808. The summed E-state index contributed by atoms with van der Waals surface area (Å²) >= 11 is 0. The Morgan fingerprint density at radius 2 is 1.81 bits per heavy atom. The van der Waals surface area contributed by atoms with Crippen LogP contribution in [-0.2, 0) is 11.2 Å². The molecule has 3 N–H and O–H groups in total. The highest BCUT2D eigenvalue weighted by Crippen LogP contribution is 2.19. The number of carbonyl (C=O) groups excluding carboxylic acids is 1. The number of amides is 1. The predicted molar refractivity (Wildman–Crippen MR) is 88.1 cm³/mol. The number of hydrogen-bond donors (Lipinski definition) is 2. The molecule has 2 aromatic rings. The van der Waals surface area contributed by atoms with E-state index in [1.54, 1.807) is 0 Å². The number of benzene rings is 2. The highest BCUT2D eigenvalue weighted by Gasteiger charge is 2.26. The lowest BCUT2D eigenvalue weighted by Gasteiger charge is -2.25. The van der Waals surface area contributed by atoms with Gasteiger partial charge in [-0.2, -0.15) is 0 Å². The van der Waals surface area contributed by atoms with Gasteiger partial charge in [-0.3, -0.25) is 4.79 Å². The van der Waals surface area contributed by atoms with Gasteiger partial charge in [-0.15, -0.1) is 0 Å². The highest BCUT2D eigenvalue weighted by molar-refractivity contribution is 5.86. The summed E-state index contributed by atoms with van der Waals surface area (Å²) in [5, 5.41) is 5.41. The van der Waals surface area contributed by atoms with Crippen molar-refractivity contribution in [1.82, 2.24) is 5.32 Å². The summed E-state index contributed by atoms with van der Waals surface area (Å²) in [6.45, 7) is 6.53. The van der Waals surface area contributed by atoms with E-state index in [-0.39, 0.29) is 11.3 Å². The predicted octanol–water partition coefficient (Wildman–Crippen LogP) is 2.87. The van der Waals surface area contributed by atoms with Crippen LogP contribution in [-0.4, -0.2) is 18.5 Å². The molecule has 0 radical (unpaired) electrons. The molecule has 3 heteroatoms. The van der Waals surface area contributed by atoms with Gasteiger partial charge in [0, 0.05) is 6.54 Å². The fraction of sp³-hybridized carbons (Fsp3) is 0.389. The van der Waals surface area contributed by atoms with Crippen molar-refractivity contribution in [1.29, 1.82) is 0 Å². The third-order valence-electron chi connectivity index (χ3n) is 3.79. The number of nitrogens with one attached hydrogen (secondary N) is 1. The van der Waals surface area contributed by atoms with Gasteiger partial charge in [0.05, 0.1) is 6.04 Å². The minimum Gasteiger partial charge on any atom is -0.354 e. The van der Waals surface area contributed by atoms with Crippen molar-refractivity contribution in [2.45, 2.75) is 33.2 Å². The van der Waals surface area contributed by atoms with Gasteiger partial charge in [-0.25, -0.2) is 0 Å². The average Bonchev–Trinajstić information content (AvgIpc) is 2.45. The first-order valence-corrected chi connectivity index (χ1v) is 7.39. The molecule has 0 saturated heterocycles. The van der Waals surface area contributed by atoms with Crippen LogP contribution >= 0.6 is 0 Å². The van der Waals surface area contributed by atoms with Gasteiger partial charge in [0.15, 0.2) is 0 Å². The zero-order valence-electron chi connectivity index (χ0n) is 13.0. The monoisotopic (exact) mass is 284 g/mol. The SMILES string of the molecule is CC(C)(C)[C@H](N)C(=O)NCCc1cccc2ccccc12. The number of fused-ring (bicyclic) bond motifs is 1. The molecule has 0 aromatic heterocycles. The number of rotatable bonds is 4. The average molecular weight is 284 g/mol. The van der Waals surface area contributed by atoms with Crippen LogP contribution in [0, 0.1) is 5.41 Å². The van der Waals surface area contributed by atoms with Gasteiger partial charge in [-0.05, 0) is 28.2 Å². The molecule has 0 unspecified atom stereocenters. The van der Waals surface area contributed by atoms with Crippen molar-refractivity contribution in [3.63, 3.8) is 0 Å². The fourth-order valence-corrected chi connectivity index (χ4v) is 2.33. The molecular weight excluding hydrogens is 260 g/mol. The quantitative estimate of drug-likeness (QED) is 0.907. The van der Waals surface area contributed by atoms with E-state index in [1.807, 2.05) is 32.9 Å². The smallest absolute Gasteiger partial charge is 0.237 e. The van der Waals surface area contributed by atoms with E-state index in [0.29, 0.717) is 6.54 Å². The zero-order valence-corrected chi connectivity index (χ0v) is 13.0. The van der Waals surface area contributed by atoms with E-state index in [4.69, 9.17) is 5.73 Å². The Morgan fingerprint density at radius 3 is 2.52 bits per heavy atom. The van der Waals surface area contributed by atoms with Gasteiger partial charge in [0.1, 0.15) is 0 Å². The van der Waals surface area contributed by atoms with Crippen LogP contribution in [0.15, 0.2) is 42.5 Å². The maximum absolute atomic E-state index is 12.0. The minimum atomic E-state index is -0.481. The van der Waals surface area contributed by atoms with E-state index in [9.17, 15) is 4.79 Å². The molecule has 2 rings (SSSR count). The maximum Gasteiger partial charge on any atom is 0.237 e. The van der Waals surface area contributed by atoms with Gasteiger partial charge in [-0.1, -0.05) is 63.2 Å². The van der Waals surface area contributed by atoms with Crippen molar-refractivity contribution in [3.05, 3.63) is 48.0 Å². The molecule has 1 atom stereocenters. The third kappa shape index (κ3) is 3.82. The Labute approximate surface area is 126 Å². The molecule has 0 spiro atoms. The Bertz CT molecular complexity index is 623. The molecule has 21 heavy (non-hydrogen) atoms. The van der Waals surface area contributed by atoms with Gasteiger partial charge in [0.25, 0.3) is 0 Å². The van der Waals surface area contributed by atoms with E-state index in [2.05, 4.69) is 35.6 Å². The first kappa shape index (κ1) is 15.5. The molecule has 0 bridgehead atoms. The molecule has 1 amide bonds. The molecule has 0 saturated carbocycles. The van der Waals surface area contributed by atoms with Gasteiger partial charge >= 0.3 is 0 Å². The van der Waals surface area contributed by atoms with Gasteiger partial charge in [0.2, 0.25) is 5.91 Å². The summed E-state index contributed by atoms with van der Waals surface area (Å²) in [5.74, 6) is -0.0808. The maximum atomic E-state index is 12.0. The first-order chi connectivity index (χ1) is 9.89. The third-order valence-corrected chi connectivity index (χ3v) is 3.79. The lowest BCUT2D eigenvalue weighted by atomic mass is 9.87. The summed E-state index contributed by atoms with van der Waals surface area (Å²) in [5.41, 5.74) is 6.98. The number of carbonyl (C=O) groups is 1. The summed E-state index contributed by atoms with van der Waals surface area (Å²) in [4.78, 5) is 12.0. The Morgan fingerprint density at radius 1 is 1.14 bits per heavy atom. The highest BCUT2D eigenvalue weighted by atomic mass is 16.2. The molecular formula is C18H24N2O. The van der Waals surface area contributed by atoms with Crippen LogP contribution in [0.3, 0.4) is 0 Å². The molecule has 0 fully saturated rings. The second kappa shape index (κ2) is 6.27. The standard InChI is InChI=1S/C18H24N2O/c1-18(2,3)16(19)17(21)20-12-11-14-9-6-8-13-7-4-5-10-15(13)14/h4-10,16H,11-12,19H2,1-3H3,(H,20,21)/t16-/m1/s1. The molecule has 0 aliphatic heterocycles. The van der Waals surface area contributed by atoms with Crippen LogP contribution in [0.5, 0.6) is 0 Å². The summed E-state index contributed by atoms with van der Waals surface area (Å²) in [7, 11) is 0. The van der Waals surface area contributed by atoms with Crippen molar-refractivity contribution in [2.75, 3.05) is 6.54 Å². The molecule has 0 aliphatic rings. The summed E-state index contributed by atoms with van der Waals surface area (Å²) in [6, 6.07) is 14.1. The largest absolute Gasteiger partial charge is 0.354 e. The first-order valence-electron chi connectivity index (χ1n) is 7.39. The topological polar surface area (TPSA) is 55.1 Å². The van der Waals surface area contributed by atoms with E-state index < -0.39 is 6.04 Å². The second-order valence-corrected chi connectivity index (χ2v) is 6.52. The van der Waals surface area contributed by atoms with Crippen molar-refractivity contribution < 1.29 is 4.79 Å². The van der Waals surface area contributed by atoms with Gasteiger partial charge < -0.3 is 11.1 Å². The van der Waals surface area contributed by atoms with E-state index in [0.717, 1.165) is 6.42 Å². The van der Waals surface area contributed by atoms with E-state index in [1.165, 1.54) is 16.3 Å².